The van der Waals surface area contributed by atoms with Gasteiger partial charge in [0.1, 0.15) is 12.4 Å². The molecule has 0 unspecified atom stereocenters. The lowest BCUT2D eigenvalue weighted by Crippen LogP contribution is -2.21. The van der Waals surface area contributed by atoms with Gasteiger partial charge in [-0.3, -0.25) is 10.1 Å². The van der Waals surface area contributed by atoms with E-state index in [-0.39, 0.29) is 23.1 Å². The van der Waals surface area contributed by atoms with Gasteiger partial charge in [0.05, 0.1) is 4.92 Å². The summed E-state index contributed by atoms with van der Waals surface area (Å²) in [5, 5.41) is 10.3. The minimum Gasteiger partial charge on any atom is -0.454 e. The highest BCUT2D eigenvalue weighted by Crippen LogP contribution is 2.17. The second-order valence-corrected chi connectivity index (χ2v) is 7.38. The van der Waals surface area contributed by atoms with Crippen molar-refractivity contribution in [2.75, 3.05) is 14.1 Å². The minimum atomic E-state index is -3.69. The number of esters is 1. The van der Waals surface area contributed by atoms with Crippen molar-refractivity contribution in [1.82, 2.24) is 4.31 Å². The van der Waals surface area contributed by atoms with E-state index in [0.29, 0.717) is 5.56 Å². The summed E-state index contributed by atoms with van der Waals surface area (Å²) in [5.74, 6) is -0.487. The zero-order valence-electron chi connectivity index (χ0n) is 14.0. The molecule has 0 fully saturated rings. The minimum absolute atomic E-state index is 0.0500. The number of carbonyl (C=O) groups is 1. The molecule has 1 aromatic carbocycles. The summed E-state index contributed by atoms with van der Waals surface area (Å²) < 4.78 is 34.9. The fourth-order valence-corrected chi connectivity index (χ4v) is 2.63. The van der Waals surface area contributed by atoms with Crippen LogP contribution >= 0.6 is 0 Å². The number of benzene rings is 1. The van der Waals surface area contributed by atoms with Gasteiger partial charge in [0.15, 0.2) is 0 Å². The van der Waals surface area contributed by atoms with E-state index in [1.807, 2.05) is 0 Å². The molecule has 0 aliphatic rings. The molecule has 138 valence electrons. The first-order chi connectivity index (χ1) is 12.2. The highest BCUT2D eigenvalue weighted by molar-refractivity contribution is 7.88. The maximum absolute atomic E-state index is 11.9. The molecule has 2 aromatic rings. The van der Waals surface area contributed by atoms with Crippen molar-refractivity contribution in [2.24, 2.45) is 0 Å². The van der Waals surface area contributed by atoms with E-state index in [4.69, 9.17) is 9.15 Å². The molecule has 0 aliphatic heterocycles. The molecule has 9 nitrogen and oxygen atoms in total. The van der Waals surface area contributed by atoms with Crippen LogP contribution in [0.15, 0.2) is 52.0 Å². The predicted octanol–water partition coefficient (Wildman–Crippen LogP) is 2.19. The predicted molar refractivity (Wildman–Crippen MR) is 91.5 cm³/mol. The Morgan fingerprint density at radius 1 is 1.23 bits per heavy atom. The van der Waals surface area contributed by atoms with Crippen LogP contribution in [0.3, 0.4) is 0 Å². The number of furan rings is 1. The van der Waals surface area contributed by atoms with E-state index < -0.39 is 20.9 Å². The Morgan fingerprint density at radius 2 is 1.88 bits per heavy atom. The van der Waals surface area contributed by atoms with Crippen LogP contribution in [0.1, 0.15) is 11.3 Å². The second kappa shape index (κ2) is 7.93. The molecule has 10 heteroatoms. The van der Waals surface area contributed by atoms with E-state index in [1.165, 1.54) is 56.6 Å². The van der Waals surface area contributed by atoms with Crippen molar-refractivity contribution in [3.05, 3.63) is 63.9 Å². The molecule has 0 aliphatic carbocycles. The maximum atomic E-state index is 11.9. The summed E-state index contributed by atoms with van der Waals surface area (Å²) in [6.07, 6.45) is 2.59. The third kappa shape index (κ3) is 4.77. The number of sulfonamides is 1. The lowest BCUT2D eigenvalue weighted by atomic mass is 10.2. The number of nitro groups is 1. The number of ether oxygens (including phenoxy) is 1. The standard InChI is InChI=1S/C16H16N2O7S/c1-17(2)26(22,23)16-10-8-14(25-16)11-24-15(19)9-5-12-3-6-13(7-4-12)18(20)21/h3-10H,11H2,1-2H3/b9-5+. The summed E-state index contributed by atoms with van der Waals surface area (Å²) in [5.41, 5.74) is 0.538. The van der Waals surface area contributed by atoms with Crippen molar-refractivity contribution >= 4 is 27.8 Å². The first kappa shape index (κ1) is 19.3. The molecule has 1 heterocycles. The largest absolute Gasteiger partial charge is 0.454 e. The van der Waals surface area contributed by atoms with Crippen LogP contribution < -0.4 is 0 Å². The normalized spacial score (nSPS) is 11.8. The average Bonchev–Trinajstić information content (AvgIpc) is 3.08. The molecule has 0 N–H and O–H groups in total. The lowest BCUT2D eigenvalue weighted by molar-refractivity contribution is -0.384. The van der Waals surface area contributed by atoms with Crippen LogP contribution in [-0.2, 0) is 26.2 Å². The Kier molecular flexibility index (Phi) is 5.90. The van der Waals surface area contributed by atoms with E-state index in [0.717, 1.165) is 10.4 Å². The molecule has 0 spiro atoms. The van der Waals surface area contributed by atoms with E-state index in [2.05, 4.69) is 0 Å². The second-order valence-electron chi connectivity index (χ2n) is 5.30. The first-order valence-electron chi connectivity index (χ1n) is 7.30. The Labute approximate surface area is 149 Å². The summed E-state index contributed by atoms with van der Waals surface area (Å²) in [7, 11) is -0.935. The fraction of sp³-hybridized carbons (Fsp3) is 0.188. The van der Waals surface area contributed by atoms with Gasteiger partial charge >= 0.3 is 5.97 Å². The molecule has 0 bridgehead atoms. The summed E-state index contributed by atoms with van der Waals surface area (Å²) in [6, 6.07) is 8.32. The molecule has 0 radical (unpaired) electrons. The SMILES string of the molecule is CN(C)S(=O)(=O)c1ccc(COC(=O)/C=C/c2ccc([N+](=O)[O-])cc2)o1. The Morgan fingerprint density at radius 3 is 2.46 bits per heavy atom. The molecule has 0 saturated carbocycles. The number of hydrogen-bond donors (Lipinski definition) is 0. The Balaban J connectivity index is 1.93. The maximum Gasteiger partial charge on any atom is 0.331 e. The smallest absolute Gasteiger partial charge is 0.331 e. The Hall–Kier alpha value is -2.98. The average molecular weight is 380 g/mol. The molecule has 26 heavy (non-hydrogen) atoms. The van der Waals surface area contributed by atoms with Gasteiger partial charge in [-0.05, 0) is 35.9 Å². The summed E-state index contributed by atoms with van der Waals surface area (Å²) >= 11 is 0. The topological polar surface area (TPSA) is 120 Å². The number of non-ortho nitro benzene ring substituents is 1. The summed E-state index contributed by atoms with van der Waals surface area (Å²) in [4.78, 5) is 21.7. The zero-order chi connectivity index (χ0) is 19.3. The molecular weight excluding hydrogens is 364 g/mol. The lowest BCUT2D eigenvalue weighted by Gasteiger charge is -2.07. The van der Waals surface area contributed by atoms with Crippen molar-refractivity contribution in [3.63, 3.8) is 0 Å². The van der Waals surface area contributed by atoms with Crippen molar-refractivity contribution in [2.45, 2.75) is 11.7 Å². The molecular formula is C16H16N2O7S. The highest BCUT2D eigenvalue weighted by Gasteiger charge is 2.21. The van der Waals surface area contributed by atoms with Crippen LogP contribution in [0.25, 0.3) is 6.08 Å². The van der Waals surface area contributed by atoms with Crippen molar-refractivity contribution in [3.8, 4) is 0 Å². The molecule has 0 atom stereocenters. The molecule has 1 aromatic heterocycles. The van der Waals surface area contributed by atoms with Gasteiger partial charge < -0.3 is 9.15 Å². The monoisotopic (exact) mass is 380 g/mol. The van der Waals surface area contributed by atoms with Gasteiger partial charge in [0, 0.05) is 32.3 Å². The van der Waals surface area contributed by atoms with Crippen LogP contribution in [-0.4, -0.2) is 37.7 Å². The number of rotatable bonds is 7. The fourth-order valence-electron chi connectivity index (χ4n) is 1.82. The van der Waals surface area contributed by atoms with E-state index in [1.54, 1.807) is 0 Å². The van der Waals surface area contributed by atoms with Crippen LogP contribution in [0, 0.1) is 10.1 Å². The van der Waals surface area contributed by atoms with Crippen LogP contribution in [0.2, 0.25) is 0 Å². The first-order valence-corrected chi connectivity index (χ1v) is 8.74. The molecule has 0 saturated heterocycles. The van der Waals surface area contributed by atoms with Gasteiger partial charge in [0.2, 0.25) is 5.09 Å². The number of carbonyl (C=O) groups excluding carboxylic acids is 1. The summed E-state index contributed by atoms with van der Waals surface area (Å²) in [6.45, 7) is -0.230. The molecule has 0 amide bonds. The number of nitro benzene ring substituents is 1. The van der Waals surface area contributed by atoms with Gasteiger partial charge in [-0.25, -0.2) is 17.5 Å². The third-order valence-electron chi connectivity index (χ3n) is 3.24. The highest BCUT2D eigenvalue weighted by atomic mass is 32.2. The number of nitrogens with zero attached hydrogens (tertiary/aromatic N) is 2. The zero-order valence-corrected chi connectivity index (χ0v) is 14.8. The molecule has 2 rings (SSSR count). The Bertz CT molecular complexity index is 928. The number of hydrogen-bond acceptors (Lipinski definition) is 7. The van der Waals surface area contributed by atoms with Crippen molar-refractivity contribution < 1.29 is 27.3 Å². The van der Waals surface area contributed by atoms with Crippen molar-refractivity contribution in [1.29, 1.82) is 0 Å². The third-order valence-corrected chi connectivity index (χ3v) is 4.93. The van der Waals surface area contributed by atoms with E-state index >= 15 is 0 Å². The quantitative estimate of drug-likeness (QED) is 0.312. The van der Waals surface area contributed by atoms with Crippen LogP contribution in [0.5, 0.6) is 0 Å². The van der Waals surface area contributed by atoms with Gasteiger partial charge in [-0.15, -0.1) is 0 Å². The van der Waals surface area contributed by atoms with Gasteiger partial charge in [-0.1, -0.05) is 0 Å². The van der Waals surface area contributed by atoms with Gasteiger partial charge in [-0.2, -0.15) is 0 Å². The van der Waals surface area contributed by atoms with Crippen LogP contribution in [0.4, 0.5) is 5.69 Å². The van der Waals surface area contributed by atoms with E-state index in [9.17, 15) is 23.3 Å². The van der Waals surface area contributed by atoms with Gasteiger partial charge in [0.25, 0.3) is 15.7 Å².